The van der Waals surface area contributed by atoms with Gasteiger partial charge in [0.05, 0.1) is 0 Å². The van der Waals surface area contributed by atoms with Crippen molar-refractivity contribution in [3.63, 3.8) is 0 Å². The van der Waals surface area contributed by atoms with Crippen molar-refractivity contribution in [2.24, 2.45) is 11.5 Å². The average Bonchev–Trinajstić information content (AvgIpc) is 2.55. The molecule has 2 aromatic rings. The van der Waals surface area contributed by atoms with E-state index in [4.69, 9.17) is 24.3 Å². The summed E-state index contributed by atoms with van der Waals surface area (Å²) in [7, 11) is 0. The molecule has 0 heterocycles. The van der Waals surface area contributed by atoms with Crippen LogP contribution in [-0.4, -0.2) is 0 Å². The first kappa shape index (κ1) is 15.5. The standard InChI is InChI=1S/2C9H9N/c2*1-2-8-3-5-9(7-10)6-4-8/h2*1,3-6H,7,10H2. The molecule has 0 aliphatic heterocycles. The zero-order chi connectivity index (χ0) is 14.8. The number of hydrogen-bond acceptors (Lipinski definition) is 2. The summed E-state index contributed by atoms with van der Waals surface area (Å²) in [5.74, 6) is 5.07. The second kappa shape index (κ2) is 8.56. The summed E-state index contributed by atoms with van der Waals surface area (Å²) < 4.78 is 0. The Morgan fingerprint density at radius 2 is 0.950 bits per heavy atom. The van der Waals surface area contributed by atoms with Gasteiger partial charge in [0.2, 0.25) is 0 Å². The van der Waals surface area contributed by atoms with E-state index in [2.05, 4.69) is 11.8 Å². The first-order valence-electron chi connectivity index (χ1n) is 6.24. The highest BCUT2D eigenvalue weighted by molar-refractivity contribution is 5.34. The van der Waals surface area contributed by atoms with Crippen molar-refractivity contribution in [2.45, 2.75) is 13.1 Å². The summed E-state index contributed by atoms with van der Waals surface area (Å²) >= 11 is 0. The molecule has 0 fully saturated rings. The second-order valence-corrected chi connectivity index (χ2v) is 4.09. The molecule has 2 heteroatoms. The fourth-order valence-corrected chi connectivity index (χ4v) is 1.47. The van der Waals surface area contributed by atoms with Crippen molar-refractivity contribution in [3.8, 4) is 24.7 Å². The molecular formula is C18H18N2. The van der Waals surface area contributed by atoms with E-state index in [1.54, 1.807) is 0 Å². The molecule has 0 unspecified atom stereocenters. The molecule has 0 saturated heterocycles. The van der Waals surface area contributed by atoms with Gasteiger partial charge in [-0.15, -0.1) is 12.8 Å². The molecule has 0 aromatic heterocycles. The number of nitrogens with two attached hydrogens (primary N) is 2. The summed E-state index contributed by atoms with van der Waals surface area (Å²) in [5.41, 5.74) is 14.8. The molecule has 0 spiro atoms. The Kier molecular flexibility index (Phi) is 6.65. The zero-order valence-electron chi connectivity index (χ0n) is 11.3. The van der Waals surface area contributed by atoms with Gasteiger partial charge < -0.3 is 11.5 Å². The van der Waals surface area contributed by atoms with Gasteiger partial charge >= 0.3 is 0 Å². The maximum Gasteiger partial charge on any atom is 0.0242 e. The summed E-state index contributed by atoms with van der Waals surface area (Å²) in [5, 5.41) is 0. The number of terminal acetylenes is 2. The Balaban J connectivity index is 0.000000200. The summed E-state index contributed by atoms with van der Waals surface area (Å²) in [6.45, 7) is 1.15. The Morgan fingerprint density at radius 1 is 0.650 bits per heavy atom. The minimum absolute atomic E-state index is 0.574. The third-order valence-electron chi connectivity index (χ3n) is 2.71. The largest absolute Gasteiger partial charge is 0.326 e. The lowest BCUT2D eigenvalue weighted by Crippen LogP contribution is -1.94. The van der Waals surface area contributed by atoms with E-state index < -0.39 is 0 Å². The third-order valence-corrected chi connectivity index (χ3v) is 2.71. The summed E-state index contributed by atoms with van der Waals surface area (Å²) in [4.78, 5) is 0. The molecule has 0 saturated carbocycles. The molecule has 0 atom stereocenters. The molecule has 4 N–H and O–H groups in total. The number of rotatable bonds is 2. The monoisotopic (exact) mass is 262 g/mol. The van der Waals surface area contributed by atoms with Crippen molar-refractivity contribution in [2.75, 3.05) is 0 Å². The predicted octanol–water partition coefficient (Wildman–Crippen LogP) is 2.25. The van der Waals surface area contributed by atoms with Crippen molar-refractivity contribution >= 4 is 0 Å². The van der Waals surface area contributed by atoms with Crippen LogP contribution < -0.4 is 11.5 Å². The minimum atomic E-state index is 0.574. The molecule has 0 radical (unpaired) electrons. The summed E-state index contributed by atoms with van der Waals surface area (Å²) in [6.07, 6.45) is 10.3. The van der Waals surface area contributed by atoms with Gasteiger partial charge in [0.25, 0.3) is 0 Å². The van der Waals surface area contributed by atoms with Crippen molar-refractivity contribution in [1.82, 2.24) is 0 Å². The maximum atomic E-state index is 5.39. The second-order valence-electron chi connectivity index (χ2n) is 4.09. The van der Waals surface area contributed by atoms with Crippen LogP contribution >= 0.6 is 0 Å². The molecule has 20 heavy (non-hydrogen) atoms. The molecule has 0 aliphatic rings. The smallest absolute Gasteiger partial charge is 0.0242 e. The third kappa shape index (κ3) is 5.00. The molecule has 2 nitrogen and oxygen atoms in total. The number of benzene rings is 2. The quantitative estimate of drug-likeness (QED) is 0.816. The van der Waals surface area contributed by atoms with E-state index in [0.29, 0.717) is 13.1 Å². The molecule has 0 aliphatic carbocycles. The SMILES string of the molecule is C#Cc1ccc(CN)cc1.C#Cc1ccc(CN)cc1. The Hall–Kier alpha value is -2.52. The Morgan fingerprint density at radius 3 is 1.15 bits per heavy atom. The van der Waals surface area contributed by atoms with Gasteiger partial charge in [-0.25, -0.2) is 0 Å². The minimum Gasteiger partial charge on any atom is -0.326 e. The van der Waals surface area contributed by atoms with Gasteiger partial charge in [-0.1, -0.05) is 36.1 Å². The molecule has 0 bridgehead atoms. The van der Waals surface area contributed by atoms with Crippen LogP contribution in [0.15, 0.2) is 48.5 Å². The molecule has 2 aromatic carbocycles. The van der Waals surface area contributed by atoms with Crippen LogP contribution in [0.4, 0.5) is 0 Å². The van der Waals surface area contributed by atoms with E-state index in [1.807, 2.05) is 48.5 Å². The number of hydrogen-bond donors (Lipinski definition) is 2. The average molecular weight is 262 g/mol. The molecular weight excluding hydrogens is 244 g/mol. The van der Waals surface area contributed by atoms with Crippen LogP contribution in [0.5, 0.6) is 0 Å². The lowest BCUT2D eigenvalue weighted by Gasteiger charge is -1.94. The van der Waals surface area contributed by atoms with Gasteiger partial charge in [-0.05, 0) is 35.4 Å². The fraction of sp³-hybridized carbons (Fsp3) is 0.111. The van der Waals surface area contributed by atoms with Crippen LogP contribution in [0.2, 0.25) is 0 Å². The van der Waals surface area contributed by atoms with Crippen LogP contribution in [0.25, 0.3) is 0 Å². The summed E-state index contributed by atoms with van der Waals surface area (Å²) in [6, 6.07) is 15.3. The maximum absolute atomic E-state index is 5.39. The van der Waals surface area contributed by atoms with Crippen LogP contribution in [0.1, 0.15) is 22.3 Å². The van der Waals surface area contributed by atoms with Crippen LogP contribution in [0.3, 0.4) is 0 Å². The topological polar surface area (TPSA) is 52.0 Å². The van der Waals surface area contributed by atoms with E-state index >= 15 is 0 Å². The highest BCUT2D eigenvalue weighted by Crippen LogP contribution is 2.01. The van der Waals surface area contributed by atoms with Crippen molar-refractivity contribution < 1.29 is 0 Å². The molecule has 2 rings (SSSR count). The zero-order valence-corrected chi connectivity index (χ0v) is 11.3. The van der Waals surface area contributed by atoms with E-state index in [0.717, 1.165) is 22.3 Å². The highest BCUT2D eigenvalue weighted by atomic mass is 14.5. The van der Waals surface area contributed by atoms with Gasteiger partial charge in [-0.3, -0.25) is 0 Å². The van der Waals surface area contributed by atoms with Crippen molar-refractivity contribution in [3.05, 3.63) is 70.8 Å². The normalized spacial score (nSPS) is 8.80. The molecule has 0 amide bonds. The van der Waals surface area contributed by atoms with Crippen LogP contribution in [0, 0.1) is 24.7 Å². The molecule has 100 valence electrons. The van der Waals surface area contributed by atoms with E-state index in [1.165, 1.54) is 0 Å². The predicted molar refractivity (Wildman–Crippen MR) is 84.5 cm³/mol. The lowest BCUT2D eigenvalue weighted by atomic mass is 10.1. The Bertz CT molecular complexity index is 538. The van der Waals surface area contributed by atoms with Crippen molar-refractivity contribution in [1.29, 1.82) is 0 Å². The lowest BCUT2D eigenvalue weighted by molar-refractivity contribution is 1.07. The van der Waals surface area contributed by atoms with E-state index in [-0.39, 0.29) is 0 Å². The van der Waals surface area contributed by atoms with Gasteiger partial charge in [0.1, 0.15) is 0 Å². The first-order chi connectivity index (χ1) is 9.73. The van der Waals surface area contributed by atoms with Crippen LogP contribution in [-0.2, 0) is 13.1 Å². The highest BCUT2D eigenvalue weighted by Gasteiger charge is 1.87. The van der Waals surface area contributed by atoms with E-state index in [9.17, 15) is 0 Å². The van der Waals surface area contributed by atoms with Gasteiger partial charge in [0.15, 0.2) is 0 Å². The first-order valence-corrected chi connectivity index (χ1v) is 6.24. The fourth-order valence-electron chi connectivity index (χ4n) is 1.47. The van der Waals surface area contributed by atoms with Gasteiger partial charge in [0, 0.05) is 24.2 Å². The van der Waals surface area contributed by atoms with Gasteiger partial charge in [-0.2, -0.15) is 0 Å². The Labute approximate surface area is 120 Å².